The van der Waals surface area contributed by atoms with E-state index in [1.165, 1.54) is 44.7 Å². The number of nitrogens with one attached hydrogen (secondary N) is 1. The third-order valence-corrected chi connectivity index (χ3v) is 6.75. The average molecular weight is 378 g/mol. The van der Waals surface area contributed by atoms with Crippen LogP contribution in [0.25, 0.3) is 0 Å². The van der Waals surface area contributed by atoms with Crippen molar-refractivity contribution >= 4 is 28.6 Å². The van der Waals surface area contributed by atoms with Gasteiger partial charge >= 0.3 is 0 Å². The first kappa shape index (κ1) is 18.3. The Kier molecular flexibility index (Phi) is 6.42. The Morgan fingerprint density at radius 3 is 2.84 bits per heavy atom. The highest BCUT2D eigenvalue weighted by Gasteiger charge is 2.16. The molecule has 1 aliphatic rings. The smallest absolute Gasteiger partial charge is 0.193 e. The summed E-state index contributed by atoms with van der Waals surface area (Å²) in [5.41, 5.74) is 1.33. The van der Waals surface area contributed by atoms with E-state index in [1.54, 1.807) is 11.3 Å². The Bertz CT molecular complexity index is 695. The van der Waals surface area contributed by atoms with E-state index in [2.05, 4.69) is 34.2 Å². The highest BCUT2D eigenvalue weighted by Crippen LogP contribution is 2.27. The molecule has 1 N–H and O–H groups in total. The number of aliphatic imine (C=N–C) groups is 1. The molecule has 3 rings (SSSR count). The Labute approximate surface area is 158 Å². The van der Waals surface area contributed by atoms with Crippen molar-refractivity contribution in [1.29, 1.82) is 0 Å². The fourth-order valence-corrected chi connectivity index (χ4v) is 5.12. The molecular weight excluding hydrogens is 350 g/mol. The molecule has 0 fully saturated rings. The third kappa shape index (κ3) is 4.79. The normalized spacial score (nSPS) is 14.4. The number of fused-ring (bicyclic) bond motifs is 1. The monoisotopic (exact) mass is 377 g/mol. The van der Waals surface area contributed by atoms with E-state index in [0.29, 0.717) is 0 Å². The zero-order valence-corrected chi connectivity index (χ0v) is 17.0. The number of hydrogen-bond donors (Lipinski definition) is 1. The summed E-state index contributed by atoms with van der Waals surface area (Å²) in [4.78, 5) is 18.7. The molecule has 0 spiro atoms. The molecule has 7 heteroatoms. The van der Waals surface area contributed by atoms with Gasteiger partial charge in [0.25, 0.3) is 0 Å². The van der Waals surface area contributed by atoms with Crippen LogP contribution in [0.5, 0.6) is 0 Å². The molecule has 2 aromatic rings. The molecule has 2 aromatic heterocycles. The molecular formula is C18H27N5S2. The topological polar surface area (TPSA) is 53.4 Å². The van der Waals surface area contributed by atoms with Crippen LogP contribution in [0, 0.1) is 0 Å². The number of guanidine groups is 1. The van der Waals surface area contributed by atoms with Gasteiger partial charge in [-0.25, -0.2) is 9.97 Å². The van der Waals surface area contributed by atoms with Crippen LogP contribution in [-0.2, 0) is 32.2 Å². The van der Waals surface area contributed by atoms with Crippen LogP contribution < -0.4 is 5.32 Å². The quantitative estimate of drug-likeness (QED) is 0.620. The largest absolute Gasteiger partial charge is 0.356 e. The zero-order valence-electron chi connectivity index (χ0n) is 15.3. The number of aryl methyl sites for hydroxylation is 3. The van der Waals surface area contributed by atoms with Gasteiger partial charge in [0.05, 0.1) is 17.2 Å². The lowest BCUT2D eigenvalue weighted by Gasteiger charge is -2.20. The van der Waals surface area contributed by atoms with E-state index in [9.17, 15) is 0 Å². The predicted molar refractivity (Wildman–Crippen MR) is 107 cm³/mol. The third-order valence-electron chi connectivity index (χ3n) is 4.41. The van der Waals surface area contributed by atoms with E-state index in [4.69, 9.17) is 4.98 Å². The average Bonchev–Trinajstić information content (AvgIpc) is 3.24. The summed E-state index contributed by atoms with van der Waals surface area (Å²) in [6.07, 6.45) is 8.94. The minimum absolute atomic E-state index is 0.814. The zero-order chi connectivity index (χ0) is 17.6. The van der Waals surface area contributed by atoms with Gasteiger partial charge < -0.3 is 10.2 Å². The molecule has 0 saturated heterocycles. The van der Waals surface area contributed by atoms with Gasteiger partial charge in [0, 0.05) is 43.0 Å². The number of nitrogens with zero attached hydrogens (tertiary/aromatic N) is 4. The van der Waals surface area contributed by atoms with Gasteiger partial charge in [0.1, 0.15) is 5.01 Å². The molecule has 25 heavy (non-hydrogen) atoms. The highest BCUT2D eigenvalue weighted by atomic mass is 32.1. The van der Waals surface area contributed by atoms with Gasteiger partial charge in [-0.2, -0.15) is 0 Å². The van der Waals surface area contributed by atoms with Crippen molar-refractivity contribution in [2.24, 2.45) is 4.99 Å². The molecule has 1 aliphatic carbocycles. The summed E-state index contributed by atoms with van der Waals surface area (Å²) in [7, 11) is 3.92. The van der Waals surface area contributed by atoms with Crippen LogP contribution in [0.4, 0.5) is 0 Å². The lowest BCUT2D eigenvalue weighted by atomic mass is 10.0. The van der Waals surface area contributed by atoms with Crippen molar-refractivity contribution in [3.8, 4) is 0 Å². The lowest BCUT2D eigenvalue weighted by Crippen LogP contribution is -2.39. The first-order valence-electron chi connectivity index (χ1n) is 9.02. The molecule has 2 heterocycles. The summed E-state index contributed by atoms with van der Waals surface area (Å²) < 4.78 is 0. The SMILES string of the molecule is CCc1cnc(CCNC(=NC)N(C)Cc2nc3c(s2)CCCC3)s1. The maximum Gasteiger partial charge on any atom is 0.193 e. The summed E-state index contributed by atoms with van der Waals surface area (Å²) >= 11 is 3.68. The molecule has 0 saturated carbocycles. The van der Waals surface area contributed by atoms with Crippen molar-refractivity contribution in [3.05, 3.63) is 31.7 Å². The van der Waals surface area contributed by atoms with Crippen LogP contribution >= 0.6 is 22.7 Å². The molecule has 136 valence electrons. The fourth-order valence-electron chi connectivity index (χ4n) is 3.04. The first-order chi connectivity index (χ1) is 12.2. The molecule has 0 aromatic carbocycles. The van der Waals surface area contributed by atoms with Crippen LogP contribution in [0.2, 0.25) is 0 Å². The van der Waals surface area contributed by atoms with Crippen LogP contribution in [0.1, 0.15) is 45.2 Å². The molecule has 0 aliphatic heterocycles. The summed E-state index contributed by atoms with van der Waals surface area (Å²) in [6.45, 7) is 3.83. The summed E-state index contributed by atoms with van der Waals surface area (Å²) in [6, 6.07) is 0. The molecule has 0 unspecified atom stereocenters. The van der Waals surface area contributed by atoms with Crippen LogP contribution in [0.15, 0.2) is 11.2 Å². The second-order valence-electron chi connectivity index (χ2n) is 6.34. The van der Waals surface area contributed by atoms with E-state index < -0.39 is 0 Å². The summed E-state index contributed by atoms with van der Waals surface area (Å²) in [5.74, 6) is 0.917. The van der Waals surface area contributed by atoms with E-state index in [-0.39, 0.29) is 0 Å². The predicted octanol–water partition coefficient (Wildman–Crippen LogP) is 3.29. The molecule has 0 amide bonds. The Morgan fingerprint density at radius 2 is 2.12 bits per heavy atom. The number of hydrogen-bond acceptors (Lipinski definition) is 5. The molecule has 0 bridgehead atoms. The molecule has 5 nitrogen and oxygen atoms in total. The van der Waals surface area contributed by atoms with Crippen molar-refractivity contribution in [1.82, 2.24) is 20.2 Å². The van der Waals surface area contributed by atoms with Gasteiger partial charge in [-0.1, -0.05) is 6.92 Å². The highest BCUT2D eigenvalue weighted by molar-refractivity contribution is 7.12. The first-order valence-corrected chi connectivity index (χ1v) is 10.7. The molecule has 0 radical (unpaired) electrons. The maximum atomic E-state index is 4.83. The van der Waals surface area contributed by atoms with Gasteiger partial charge in [-0.05, 0) is 32.1 Å². The van der Waals surface area contributed by atoms with Crippen LogP contribution in [0.3, 0.4) is 0 Å². The Morgan fingerprint density at radius 1 is 1.28 bits per heavy atom. The summed E-state index contributed by atoms with van der Waals surface area (Å²) in [5, 5.41) is 5.84. The van der Waals surface area contributed by atoms with Crippen molar-refractivity contribution in [2.45, 2.75) is 52.0 Å². The minimum Gasteiger partial charge on any atom is -0.356 e. The van der Waals surface area contributed by atoms with E-state index >= 15 is 0 Å². The second kappa shape index (κ2) is 8.76. The molecule has 0 atom stereocenters. The Hall–Kier alpha value is -1.47. The van der Waals surface area contributed by atoms with Crippen molar-refractivity contribution < 1.29 is 0 Å². The van der Waals surface area contributed by atoms with Crippen molar-refractivity contribution in [2.75, 3.05) is 20.6 Å². The number of aromatic nitrogens is 2. The van der Waals surface area contributed by atoms with Crippen molar-refractivity contribution in [3.63, 3.8) is 0 Å². The van der Waals surface area contributed by atoms with Gasteiger partial charge in [0.2, 0.25) is 0 Å². The lowest BCUT2D eigenvalue weighted by molar-refractivity contribution is 0.475. The van der Waals surface area contributed by atoms with E-state index in [0.717, 1.165) is 38.3 Å². The van der Waals surface area contributed by atoms with Gasteiger partial charge in [0.15, 0.2) is 5.96 Å². The minimum atomic E-state index is 0.814. The Balaban J connectivity index is 1.50. The number of rotatable bonds is 6. The van der Waals surface area contributed by atoms with Gasteiger partial charge in [-0.3, -0.25) is 4.99 Å². The fraction of sp³-hybridized carbons (Fsp3) is 0.611. The standard InChI is InChI=1S/C18H27N5S2/c1-4-13-11-21-16(24-13)9-10-20-18(19-2)23(3)12-17-22-14-7-5-6-8-15(14)25-17/h11H,4-10,12H2,1-3H3,(H,19,20). The van der Waals surface area contributed by atoms with E-state index in [1.807, 2.05) is 24.6 Å². The van der Waals surface area contributed by atoms with Crippen LogP contribution in [-0.4, -0.2) is 41.5 Å². The maximum absolute atomic E-state index is 4.83. The second-order valence-corrected chi connectivity index (χ2v) is 8.71. The van der Waals surface area contributed by atoms with Gasteiger partial charge in [-0.15, -0.1) is 22.7 Å². The number of thiazole rings is 2.